The number of thiazole rings is 1. The van der Waals surface area contributed by atoms with Crippen molar-refractivity contribution in [3.05, 3.63) is 55.5 Å². The zero-order chi connectivity index (χ0) is 27.2. The topological polar surface area (TPSA) is 112 Å². The van der Waals surface area contributed by atoms with E-state index in [1.807, 2.05) is 6.92 Å². The molecule has 1 atom stereocenters. The van der Waals surface area contributed by atoms with Gasteiger partial charge in [0.2, 0.25) is 4.96 Å². The summed E-state index contributed by atoms with van der Waals surface area (Å²) in [7, 11) is 0. The van der Waals surface area contributed by atoms with Gasteiger partial charge in [0.05, 0.1) is 18.0 Å². The molecule has 0 spiro atoms. The molecule has 4 aromatic heterocycles. The van der Waals surface area contributed by atoms with Crippen LogP contribution in [-0.4, -0.2) is 61.1 Å². The molecule has 0 bridgehead atoms. The molecule has 5 heterocycles. The first-order valence-electron chi connectivity index (χ1n) is 11.2. The summed E-state index contributed by atoms with van der Waals surface area (Å²) in [5.41, 5.74) is 0.333. The molecular formula is C22H18ClF3N6O4S2. The average molecular weight is 587 g/mol. The monoisotopic (exact) mass is 586 g/mol. The Labute approximate surface area is 226 Å². The second-order valence-corrected chi connectivity index (χ2v) is 10.5. The Morgan fingerprint density at radius 2 is 2.03 bits per heavy atom. The van der Waals surface area contributed by atoms with E-state index in [1.165, 1.54) is 27.6 Å². The van der Waals surface area contributed by atoms with Crippen molar-refractivity contribution in [3.63, 3.8) is 0 Å². The molecule has 1 amide bonds. The summed E-state index contributed by atoms with van der Waals surface area (Å²) < 4.78 is 50.9. The van der Waals surface area contributed by atoms with Crippen molar-refractivity contribution in [3.8, 4) is 5.75 Å². The third kappa shape index (κ3) is 4.92. The Morgan fingerprint density at radius 3 is 2.74 bits per heavy atom. The standard InChI is InChI=1S/C22H18ClF3N6O4S2/c1-3-35-20(34)12-9-37-19(27-12)17-16-11(28-21-32(16)30-10(2)38-21)6-7-31(17)15(33)8-36-13-4-5-14(22(24,25)26)29-18(13)23/h4-5,9,17H,3,6-8H2,1-2H3. The molecule has 0 fully saturated rings. The first-order chi connectivity index (χ1) is 18.1. The fourth-order valence-corrected chi connectivity index (χ4v) is 5.88. The maximum atomic E-state index is 13.4. The molecule has 0 N–H and O–H groups in total. The van der Waals surface area contributed by atoms with Gasteiger partial charge in [-0.2, -0.15) is 18.3 Å². The Morgan fingerprint density at radius 1 is 1.24 bits per heavy atom. The second-order valence-electron chi connectivity index (χ2n) is 8.06. The van der Waals surface area contributed by atoms with E-state index in [-0.39, 0.29) is 24.6 Å². The SMILES string of the molecule is CCOC(=O)c1csc(C2c3c(nc4sc(C)nn34)CCN2C(=O)COc2ccc(C(F)(F)F)nc2Cl)n1. The molecule has 4 aromatic rings. The van der Waals surface area contributed by atoms with Crippen molar-refractivity contribution in [2.24, 2.45) is 0 Å². The number of pyridine rings is 1. The van der Waals surface area contributed by atoms with Gasteiger partial charge in [-0.1, -0.05) is 22.9 Å². The number of carbonyl (C=O) groups is 2. The van der Waals surface area contributed by atoms with Crippen molar-refractivity contribution < 1.29 is 32.2 Å². The molecule has 200 valence electrons. The third-order valence-electron chi connectivity index (χ3n) is 5.59. The predicted molar refractivity (Wildman–Crippen MR) is 131 cm³/mol. The molecule has 10 nitrogen and oxygen atoms in total. The van der Waals surface area contributed by atoms with Gasteiger partial charge in [-0.05, 0) is 26.0 Å². The number of rotatable bonds is 6. The first-order valence-corrected chi connectivity index (χ1v) is 13.3. The summed E-state index contributed by atoms with van der Waals surface area (Å²) in [4.78, 5) is 40.3. The van der Waals surface area contributed by atoms with Crippen LogP contribution in [0.25, 0.3) is 4.96 Å². The lowest BCUT2D eigenvalue weighted by Gasteiger charge is -2.34. The van der Waals surface area contributed by atoms with E-state index in [4.69, 9.17) is 21.1 Å². The minimum Gasteiger partial charge on any atom is -0.481 e. The number of ether oxygens (including phenoxy) is 2. The highest BCUT2D eigenvalue weighted by atomic mass is 35.5. The van der Waals surface area contributed by atoms with Gasteiger partial charge in [0.1, 0.15) is 21.8 Å². The number of nitrogens with zero attached hydrogens (tertiary/aromatic N) is 6. The van der Waals surface area contributed by atoms with Gasteiger partial charge in [0, 0.05) is 18.3 Å². The molecule has 38 heavy (non-hydrogen) atoms. The fourth-order valence-electron chi connectivity index (χ4n) is 4.00. The first kappa shape index (κ1) is 26.3. The number of aromatic nitrogens is 5. The number of carbonyl (C=O) groups excluding carboxylic acids is 2. The number of hydrogen-bond donors (Lipinski definition) is 0. The maximum Gasteiger partial charge on any atom is 0.433 e. The normalized spacial score (nSPS) is 15.5. The van der Waals surface area contributed by atoms with Gasteiger partial charge in [-0.3, -0.25) is 4.79 Å². The number of aryl methyl sites for hydroxylation is 1. The highest BCUT2D eigenvalue weighted by Gasteiger charge is 2.39. The van der Waals surface area contributed by atoms with Crippen LogP contribution in [0.15, 0.2) is 17.5 Å². The van der Waals surface area contributed by atoms with E-state index in [9.17, 15) is 22.8 Å². The molecule has 1 unspecified atom stereocenters. The lowest BCUT2D eigenvalue weighted by molar-refractivity contribution is -0.141. The summed E-state index contributed by atoms with van der Waals surface area (Å²) in [5.74, 6) is -1.23. The number of esters is 1. The van der Waals surface area contributed by atoms with Gasteiger partial charge >= 0.3 is 12.1 Å². The summed E-state index contributed by atoms with van der Waals surface area (Å²) in [5, 5.41) is 6.79. The largest absolute Gasteiger partial charge is 0.481 e. The molecule has 1 aliphatic heterocycles. The number of hydrogen-bond acceptors (Lipinski definition) is 10. The highest BCUT2D eigenvalue weighted by Crippen LogP contribution is 2.38. The van der Waals surface area contributed by atoms with Crippen molar-refractivity contribution in [1.82, 2.24) is 29.5 Å². The van der Waals surface area contributed by atoms with Crippen LogP contribution in [-0.2, 0) is 22.1 Å². The van der Waals surface area contributed by atoms with Crippen LogP contribution in [0.1, 0.15) is 50.6 Å². The lowest BCUT2D eigenvalue weighted by atomic mass is 10.0. The van der Waals surface area contributed by atoms with Crippen LogP contribution in [0.4, 0.5) is 13.2 Å². The van der Waals surface area contributed by atoms with E-state index >= 15 is 0 Å². The number of fused-ring (bicyclic) bond motifs is 3. The van der Waals surface area contributed by atoms with Crippen LogP contribution in [0.2, 0.25) is 5.15 Å². The summed E-state index contributed by atoms with van der Waals surface area (Å²) in [6, 6.07) is 1.00. The number of amides is 1. The number of imidazole rings is 1. The predicted octanol–water partition coefficient (Wildman–Crippen LogP) is 4.35. The van der Waals surface area contributed by atoms with Crippen molar-refractivity contribution >= 4 is 51.1 Å². The average Bonchev–Trinajstić information content (AvgIpc) is 3.56. The Hall–Kier alpha value is -3.30. The molecule has 0 saturated carbocycles. The van der Waals surface area contributed by atoms with Crippen LogP contribution in [0.3, 0.4) is 0 Å². The Balaban J connectivity index is 1.46. The van der Waals surface area contributed by atoms with Crippen molar-refractivity contribution in [2.45, 2.75) is 32.5 Å². The van der Waals surface area contributed by atoms with Gasteiger partial charge < -0.3 is 14.4 Å². The van der Waals surface area contributed by atoms with Gasteiger partial charge in [-0.25, -0.2) is 24.3 Å². The van der Waals surface area contributed by atoms with E-state index in [2.05, 4.69) is 20.1 Å². The lowest BCUT2D eigenvalue weighted by Crippen LogP contribution is -2.43. The van der Waals surface area contributed by atoms with E-state index in [1.54, 1.807) is 16.8 Å². The molecule has 5 rings (SSSR count). The van der Waals surface area contributed by atoms with Gasteiger partial charge in [-0.15, -0.1) is 11.3 Å². The van der Waals surface area contributed by atoms with E-state index in [0.717, 1.165) is 22.8 Å². The summed E-state index contributed by atoms with van der Waals surface area (Å²) in [6.45, 7) is 3.45. The molecule has 0 aliphatic carbocycles. The molecular weight excluding hydrogens is 569 g/mol. The Kier molecular flexibility index (Phi) is 7.00. The van der Waals surface area contributed by atoms with Crippen LogP contribution >= 0.6 is 34.3 Å². The zero-order valence-corrected chi connectivity index (χ0v) is 22.2. The molecule has 0 aromatic carbocycles. The minimum absolute atomic E-state index is 0.112. The van der Waals surface area contributed by atoms with Crippen LogP contribution in [0, 0.1) is 6.92 Å². The van der Waals surface area contributed by atoms with E-state index in [0.29, 0.717) is 22.1 Å². The number of alkyl halides is 3. The van der Waals surface area contributed by atoms with Crippen molar-refractivity contribution in [1.29, 1.82) is 0 Å². The second kappa shape index (κ2) is 10.1. The maximum absolute atomic E-state index is 13.4. The van der Waals surface area contributed by atoms with Gasteiger partial charge in [0.25, 0.3) is 5.91 Å². The summed E-state index contributed by atoms with van der Waals surface area (Å²) in [6.07, 6.45) is -4.23. The molecule has 0 radical (unpaired) electrons. The quantitative estimate of drug-likeness (QED) is 0.242. The Bertz CT molecular complexity index is 1540. The minimum atomic E-state index is -4.67. The molecule has 16 heteroatoms. The zero-order valence-electron chi connectivity index (χ0n) is 19.8. The fraction of sp³-hybridized carbons (Fsp3) is 0.364. The van der Waals surface area contributed by atoms with Gasteiger partial charge in [0.15, 0.2) is 23.2 Å². The smallest absolute Gasteiger partial charge is 0.433 e. The third-order valence-corrected chi connectivity index (χ3v) is 7.58. The highest BCUT2D eigenvalue weighted by molar-refractivity contribution is 7.16. The van der Waals surface area contributed by atoms with E-state index < -0.39 is 41.5 Å². The van der Waals surface area contributed by atoms with Crippen LogP contribution in [0.5, 0.6) is 5.75 Å². The molecule has 0 saturated heterocycles. The number of halogens is 4. The van der Waals surface area contributed by atoms with Crippen LogP contribution < -0.4 is 4.74 Å². The van der Waals surface area contributed by atoms with Crippen molar-refractivity contribution in [2.75, 3.05) is 19.8 Å². The molecule has 1 aliphatic rings. The summed E-state index contributed by atoms with van der Waals surface area (Å²) >= 11 is 8.46.